The molecule has 0 amide bonds. The van der Waals surface area contributed by atoms with Crippen LogP contribution in [0.3, 0.4) is 0 Å². The Hall–Kier alpha value is -0.640. The van der Waals surface area contributed by atoms with E-state index in [4.69, 9.17) is 34.8 Å². The summed E-state index contributed by atoms with van der Waals surface area (Å²) in [5.74, 6) is 0. The van der Waals surface area contributed by atoms with E-state index >= 15 is 0 Å². The third-order valence-electron chi connectivity index (χ3n) is 1.76. The number of hydrogen-bond acceptors (Lipinski definition) is 3. The second kappa shape index (κ2) is 3.50. The molecule has 0 fully saturated rings. The highest BCUT2D eigenvalue weighted by molar-refractivity contribution is 6.36. The van der Waals surface area contributed by atoms with Gasteiger partial charge in [0, 0.05) is 6.07 Å². The largest absolute Gasteiger partial charge is 0.241 e. The molecule has 0 bridgehead atoms. The molecule has 14 heavy (non-hydrogen) atoms. The lowest BCUT2D eigenvalue weighted by atomic mass is 10.2. The molecule has 2 aromatic heterocycles. The topological polar surface area (TPSA) is 38.7 Å². The average molecular weight is 248 g/mol. The van der Waals surface area contributed by atoms with Crippen LogP contribution in [0.5, 0.6) is 0 Å². The van der Waals surface area contributed by atoms with Crippen molar-refractivity contribution in [2.24, 2.45) is 0 Å². The van der Waals surface area contributed by atoms with Crippen LogP contribution < -0.4 is 0 Å². The van der Waals surface area contributed by atoms with Crippen molar-refractivity contribution in [1.29, 1.82) is 0 Å². The second-order valence-electron chi connectivity index (χ2n) is 2.71. The van der Waals surface area contributed by atoms with Crippen LogP contribution in [0.1, 0.15) is 5.69 Å². The molecule has 0 saturated carbocycles. The number of rotatable bonds is 0. The van der Waals surface area contributed by atoms with Crippen LogP contribution in [0, 0.1) is 6.92 Å². The third kappa shape index (κ3) is 1.63. The monoisotopic (exact) mass is 247 g/mol. The van der Waals surface area contributed by atoms with E-state index in [1.54, 1.807) is 13.0 Å². The number of fused-ring (bicyclic) bond motifs is 1. The van der Waals surface area contributed by atoms with Gasteiger partial charge < -0.3 is 0 Å². The van der Waals surface area contributed by atoms with E-state index in [0.717, 1.165) is 0 Å². The van der Waals surface area contributed by atoms with Gasteiger partial charge in [-0.2, -0.15) is 0 Å². The van der Waals surface area contributed by atoms with Crippen LogP contribution in [0.4, 0.5) is 0 Å². The lowest BCUT2D eigenvalue weighted by Gasteiger charge is -2.03. The summed E-state index contributed by atoms with van der Waals surface area (Å²) >= 11 is 17.3. The molecule has 0 atom stereocenters. The smallest absolute Gasteiger partial charge is 0.224 e. The number of halogens is 3. The minimum atomic E-state index is 0.101. The van der Waals surface area contributed by atoms with Crippen LogP contribution in [0.25, 0.3) is 10.9 Å². The molecule has 0 spiro atoms. The third-order valence-corrected chi connectivity index (χ3v) is 2.39. The van der Waals surface area contributed by atoms with Crippen molar-refractivity contribution in [3.05, 3.63) is 27.4 Å². The predicted octanol–water partition coefficient (Wildman–Crippen LogP) is 3.29. The van der Waals surface area contributed by atoms with Gasteiger partial charge in [-0.15, -0.1) is 0 Å². The first-order chi connectivity index (χ1) is 6.58. The van der Waals surface area contributed by atoms with E-state index in [1.165, 1.54) is 0 Å². The molecule has 3 nitrogen and oxygen atoms in total. The van der Waals surface area contributed by atoms with E-state index in [0.29, 0.717) is 26.9 Å². The van der Waals surface area contributed by atoms with Gasteiger partial charge >= 0.3 is 0 Å². The standard InChI is InChI=1S/C8H4Cl3N3/c1-3-6-4(2-5(9)12-3)13-8(11)14-7(6)10/h2H,1H3. The molecule has 0 N–H and O–H groups in total. The van der Waals surface area contributed by atoms with Crippen LogP contribution in [-0.4, -0.2) is 15.0 Å². The Morgan fingerprint density at radius 3 is 2.50 bits per heavy atom. The fourth-order valence-corrected chi connectivity index (χ4v) is 1.99. The van der Waals surface area contributed by atoms with Crippen molar-refractivity contribution in [2.45, 2.75) is 6.92 Å². The van der Waals surface area contributed by atoms with Gasteiger partial charge in [-0.1, -0.05) is 23.2 Å². The summed E-state index contributed by atoms with van der Waals surface area (Å²) in [5, 5.41) is 1.44. The molecule has 2 aromatic rings. The quantitative estimate of drug-likeness (QED) is 0.408. The highest BCUT2D eigenvalue weighted by Gasteiger charge is 2.09. The molecule has 0 aromatic carbocycles. The molecule has 6 heteroatoms. The molecule has 0 aliphatic heterocycles. The van der Waals surface area contributed by atoms with Crippen LogP contribution in [-0.2, 0) is 0 Å². The molecular formula is C8H4Cl3N3. The van der Waals surface area contributed by atoms with Gasteiger partial charge in [-0.05, 0) is 18.5 Å². The van der Waals surface area contributed by atoms with Crippen LogP contribution >= 0.6 is 34.8 Å². The minimum Gasteiger partial charge on any atom is -0.241 e. The van der Waals surface area contributed by atoms with Gasteiger partial charge in [0.2, 0.25) is 5.28 Å². The summed E-state index contributed by atoms with van der Waals surface area (Å²) in [6.45, 7) is 1.79. The summed E-state index contributed by atoms with van der Waals surface area (Å²) in [5.41, 5.74) is 1.29. The number of pyridine rings is 1. The number of nitrogens with zero attached hydrogens (tertiary/aromatic N) is 3. The Morgan fingerprint density at radius 1 is 1.07 bits per heavy atom. The summed E-state index contributed by atoms with van der Waals surface area (Å²) in [4.78, 5) is 11.9. The number of hydrogen-bond donors (Lipinski definition) is 0. The molecule has 72 valence electrons. The van der Waals surface area contributed by atoms with Crippen molar-refractivity contribution in [3.8, 4) is 0 Å². The van der Waals surface area contributed by atoms with E-state index in [-0.39, 0.29) is 5.28 Å². The molecule has 0 saturated heterocycles. The summed E-state index contributed by atoms with van der Waals surface area (Å²) in [6.07, 6.45) is 0. The number of aromatic nitrogens is 3. The highest BCUT2D eigenvalue weighted by Crippen LogP contribution is 2.25. The molecule has 0 aliphatic rings. The van der Waals surface area contributed by atoms with Crippen LogP contribution in [0.15, 0.2) is 6.07 Å². The van der Waals surface area contributed by atoms with Gasteiger partial charge in [0.25, 0.3) is 0 Å². The van der Waals surface area contributed by atoms with Gasteiger partial charge in [-0.3, -0.25) is 0 Å². The number of aryl methyl sites for hydroxylation is 1. The maximum absolute atomic E-state index is 5.90. The average Bonchev–Trinajstić information content (AvgIpc) is 1.99. The zero-order valence-electron chi connectivity index (χ0n) is 7.05. The van der Waals surface area contributed by atoms with E-state index in [9.17, 15) is 0 Å². The molecule has 2 rings (SSSR count). The van der Waals surface area contributed by atoms with E-state index in [2.05, 4.69) is 15.0 Å². The summed E-state index contributed by atoms with van der Waals surface area (Å²) < 4.78 is 0. The molecule has 2 heterocycles. The van der Waals surface area contributed by atoms with Crippen molar-refractivity contribution >= 4 is 45.7 Å². The van der Waals surface area contributed by atoms with Gasteiger partial charge in [-0.25, -0.2) is 15.0 Å². The summed E-state index contributed by atoms with van der Waals surface area (Å²) in [6, 6.07) is 1.60. The van der Waals surface area contributed by atoms with Gasteiger partial charge in [0.1, 0.15) is 10.3 Å². The maximum atomic E-state index is 5.90. The SMILES string of the molecule is Cc1nc(Cl)cc2nc(Cl)nc(Cl)c12. The first kappa shape index (κ1) is 9.90. The van der Waals surface area contributed by atoms with Gasteiger partial charge in [0.05, 0.1) is 16.6 Å². The molecule has 0 aliphatic carbocycles. The lowest BCUT2D eigenvalue weighted by molar-refractivity contribution is 1.17. The van der Waals surface area contributed by atoms with Gasteiger partial charge in [0.15, 0.2) is 0 Å². The fraction of sp³-hybridized carbons (Fsp3) is 0.125. The maximum Gasteiger partial charge on any atom is 0.224 e. The predicted molar refractivity (Wildman–Crippen MR) is 57.1 cm³/mol. The fourth-order valence-electron chi connectivity index (χ4n) is 1.22. The van der Waals surface area contributed by atoms with Crippen molar-refractivity contribution < 1.29 is 0 Å². The Morgan fingerprint density at radius 2 is 1.79 bits per heavy atom. The van der Waals surface area contributed by atoms with Crippen molar-refractivity contribution in [1.82, 2.24) is 15.0 Å². The zero-order valence-corrected chi connectivity index (χ0v) is 9.32. The normalized spacial score (nSPS) is 10.9. The highest BCUT2D eigenvalue weighted by atomic mass is 35.5. The first-order valence-electron chi connectivity index (χ1n) is 3.74. The van der Waals surface area contributed by atoms with Crippen molar-refractivity contribution in [2.75, 3.05) is 0 Å². The van der Waals surface area contributed by atoms with Crippen molar-refractivity contribution in [3.63, 3.8) is 0 Å². The Kier molecular flexibility index (Phi) is 2.47. The zero-order chi connectivity index (χ0) is 10.3. The molecule has 0 unspecified atom stereocenters. The molecular weight excluding hydrogens is 244 g/mol. The second-order valence-corrected chi connectivity index (χ2v) is 3.79. The first-order valence-corrected chi connectivity index (χ1v) is 4.87. The lowest BCUT2D eigenvalue weighted by Crippen LogP contribution is -1.92. The summed E-state index contributed by atoms with van der Waals surface area (Å²) in [7, 11) is 0. The van der Waals surface area contributed by atoms with Crippen LogP contribution in [0.2, 0.25) is 15.6 Å². The molecule has 0 radical (unpaired) electrons. The Labute approximate surface area is 95.0 Å². The van der Waals surface area contributed by atoms with E-state index < -0.39 is 0 Å². The Bertz CT molecular complexity index is 470. The minimum absolute atomic E-state index is 0.101. The Balaban J connectivity index is 2.94. The van der Waals surface area contributed by atoms with E-state index in [1.807, 2.05) is 0 Å².